The van der Waals surface area contributed by atoms with Crippen molar-refractivity contribution in [2.24, 2.45) is 0 Å². The van der Waals surface area contributed by atoms with Gasteiger partial charge >= 0.3 is 0 Å². The standard InChI is InChI=1S/C19H20N4O3S/c1-4-15-12(2)27-19(20-15)21-17(24)11-23-18(25)9-8-16(22-23)13-6-5-7-14(10-13)26-3/h5-10H,4,11H2,1-3H3,(H,20,21,24). The number of amides is 1. The van der Waals surface area contributed by atoms with E-state index in [9.17, 15) is 9.59 Å². The zero-order chi connectivity index (χ0) is 19.4. The molecule has 0 fully saturated rings. The maximum absolute atomic E-state index is 12.3. The van der Waals surface area contributed by atoms with Gasteiger partial charge in [-0.05, 0) is 31.5 Å². The van der Waals surface area contributed by atoms with Gasteiger partial charge in [-0.25, -0.2) is 9.67 Å². The number of carbonyl (C=O) groups excluding carboxylic acids is 1. The molecule has 0 spiro atoms. The summed E-state index contributed by atoms with van der Waals surface area (Å²) in [5.74, 6) is 0.347. The van der Waals surface area contributed by atoms with Crippen molar-refractivity contribution in [3.63, 3.8) is 0 Å². The Balaban J connectivity index is 1.79. The molecule has 1 amide bonds. The zero-order valence-electron chi connectivity index (χ0n) is 15.4. The second-order valence-electron chi connectivity index (χ2n) is 5.87. The maximum Gasteiger partial charge on any atom is 0.267 e. The average Bonchev–Trinajstić information content (AvgIpc) is 3.02. The Hall–Kier alpha value is -3.00. The van der Waals surface area contributed by atoms with Gasteiger partial charge in [0, 0.05) is 16.5 Å². The summed E-state index contributed by atoms with van der Waals surface area (Å²) in [7, 11) is 1.59. The number of ether oxygens (including phenoxy) is 1. The van der Waals surface area contributed by atoms with Crippen LogP contribution in [0.4, 0.5) is 5.13 Å². The Morgan fingerprint density at radius 2 is 2.11 bits per heavy atom. The lowest BCUT2D eigenvalue weighted by atomic mass is 10.1. The van der Waals surface area contributed by atoms with E-state index < -0.39 is 0 Å². The van der Waals surface area contributed by atoms with Gasteiger partial charge in [0.05, 0.1) is 18.5 Å². The monoisotopic (exact) mass is 384 g/mol. The first-order valence-corrected chi connectivity index (χ1v) is 9.30. The van der Waals surface area contributed by atoms with Crippen molar-refractivity contribution in [1.29, 1.82) is 0 Å². The van der Waals surface area contributed by atoms with Crippen LogP contribution in [0.5, 0.6) is 5.75 Å². The van der Waals surface area contributed by atoms with Gasteiger partial charge in [0.1, 0.15) is 12.3 Å². The zero-order valence-corrected chi connectivity index (χ0v) is 16.2. The minimum absolute atomic E-state index is 0.184. The molecule has 1 N–H and O–H groups in total. The fourth-order valence-electron chi connectivity index (χ4n) is 2.60. The number of benzene rings is 1. The van der Waals surface area contributed by atoms with Crippen molar-refractivity contribution < 1.29 is 9.53 Å². The molecule has 3 rings (SSSR count). The second-order valence-corrected chi connectivity index (χ2v) is 7.07. The van der Waals surface area contributed by atoms with Crippen LogP contribution in [0.25, 0.3) is 11.3 Å². The Morgan fingerprint density at radius 1 is 1.30 bits per heavy atom. The molecule has 0 saturated carbocycles. The van der Waals surface area contributed by atoms with E-state index in [0.717, 1.165) is 27.2 Å². The van der Waals surface area contributed by atoms with Crippen LogP contribution in [-0.4, -0.2) is 27.8 Å². The average molecular weight is 384 g/mol. The molecule has 7 nitrogen and oxygen atoms in total. The number of hydrogen-bond acceptors (Lipinski definition) is 6. The second kappa shape index (κ2) is 8.13. The smallest absolute Gasteiger partial charge is 0.267 e. The molecular weight excluding hydrogens is 364 g/mol. The highest BCUT2D eigenvalue weighted by atomic mass is 32.1. The van der Waals surface area contributed by atoms with Gasteiger partial charge in [0.25, 0.3) is 5.56 Å². The summed E-state index contributed by atoms with van der Waals surface area (Å²) in [6, 6.07) is 10.4. The molecular formula is C19H20N4O3S. The van der Waals surface area contributed by atoms with Gasteiger partial charge in [-0.1, -0.05) is 19.1 Å². The van der Waals surface area contributed by atoms with Gasteiger partial charge in [-0.2, -0.15) is 5.10 Å². The van der Waals surface area contributed by atoms with Crippen LogP contribution in [0.2, 0.25) is 0 Å². The Kier molecular flexibility index (Phi) is 5.66. The Bertz CT molecular complexity index is 1030. The summed E-state index contributed by atoms with van der Waals surface area (Å²) >= 11 is 1.42. The summed E-state index contributed by atoms with van der Waals surface area (Å²) in [5, 5.41) is 7.58. The molecule has 0 aliphatic heterocycles. The summed E-state index contributed by atoms with van der Waals surface area (Å²) in [4.78, 5) is 29.9. The molecule has 0 unspecified atom stereocenters. The number of carbonyl (C=O) groups is 1. The molecule has 2 heterocycles. The molecule has 0 aliphatic carbocycles. The lowest BCUT2D eigenvalue weighted by Crippen LogP contribution is -2.29. The van der Waals surface area contributed by atoms with E-state index in [1.165, 1.54) is 17.4 Å². The number of hydrogen-bond donors (Lipinski definition) is 1. The van der Waals surface area contributed by atoms with Crippen LogP contribution in [0.15, 0.2) is 41.2 Å². The van der Waals surface area contributed by atoms with E-state index in [0.29, 0.717) is 16.6 Å². The normalized spacial score (nSPS) is 10.6. The number of nitrogens with zero attached hydrogens (tertiary/aromatic N) is 3. The topological polar surface area (TPSA) is 86.1 Å². The number of aromatic nitrogens is 3. The highest BCUT2D eigenvalue weighted by molar-refractivity contribution is 7.15. The molecule has 0 aliphatic rings. The van der Waals surface area contributed by atoms with Crippen molar-refractivity contribution in [2.45, 2.75) is 26.8 Å². The van der Waals surface area contributed by atoms with Crippen LogP contribution in [0, 0.1) is 6.92 Å². The van der Waals surface area contributed by atoms with E-state index >= 15 is 0 Å². The Labute approximate surface area is 160 Å². The SMILES string of the molecule is CCc1nc(NC(=O)Cn2nc(-c3cccc(OC)c3)ccc2=O)sc1C. The van der Waals surface area contributed by atoms with Crippen LogP contribution in [0.1, 0.15) is 17.5 Å². The fourth-order valence-corrected chi connectivity index (χ4v) is 3.52. The highest BCUT2D eigenvalue weighted by Crippen LogP contribution is 2.23. The van der Waals surface area contributed by atoms with Gasteiger partial charge < -0.3 is 10.1 Å². The van der Waals surface area contributed by atoms with Crippen LogP contribution >= 0.6 is 11.3 Å². The molecule has 8 heteroatoms. The predicted octanol–water partition coefficient (Wildman–Crippen LogP) is 2.88. The largest absolute Gasteiger partial charge is 0.497 e. The van der Waals surface area contributed by atoms with E-state index in [-0.39, 0.29) is 18.0 Å². The minimum atomic E-state index is -0.346. The summed E-state index contributed by atoms with van der Waals surface area (Å²) in [6.45, 7) is 3.80. The Morgan fingerprint density at radius 3 is 2.81 bits per heavy atom. The van der Waals surface area contributed by atoms with E-state index in [1.54, 1.807) is 13.2 Å². The quantitative estimate of drug-likeness (QED) is 0.706. The third kappa shape index (κ3) is 4.40. The lowest BCUT2D eigenvalue weighted by molar-refractivity contribution is -0.117. The fraction of sp³-hybridized carbons (Fsp3) is 0.263. The van der Waals surface area contributed by atoms with Crippen LogP contribution < -0.4 is 15.6 Å². The number of methoxy groups -OCH3 is 1. The van der Waals surface area contributed by atoms with Gasteiger partial charge in [0.15, 0.2) is 5.13 Å². The van der Waals surface area contributed by atoms with E-state index in [4.69, 9.17) is 4.74 Å². The number of thiazole rings is 1. The van der Waals surface area contributed by atoms with Crippen molar-refractivity contribution in [3.05, 3.63) is 57.3 Å². The first kappa shape index (κ1) is 18.8. The van der Waals surface area contributed by atoms with Crippen molar-refractivity contribution in [2.75, 3.05) is 12.4 Å². The predicted molar refractivity (Wildman–Crippen MR) is 105 cm³/mol. The molecule has 2 aromatic heterocycles. The molecule has 0 bridgehead atoms. The summed E-state index contributed by atoms with van der Waals surface area (Å²) in [5.41, 5.74) is 2.00. The third-order valence-corrected chi connectivity index (χ3v) is 4.93. The molecule has 3 aromatic rings. The van der Waals surface area contributed by atoms with Gasteiger partial charge in [-0.3, -0.25) is 9.59 Å². The first-order chi connectivity index (χ1) is 13.0. The third-order valence-electron chi connectivity index (χ3n) is 4.00. The lowest BCUT2D eigenvalue weighted by Gasteiger charge is -2.08. The van der Waals surface area contributed by atoms with Crippen molar-refractivity contribution >= 4 is 22.4 Å². The summed E-state index contributed by atoms with van der Waals surface area (Å²) < 4.78 is 6.36. The molecule has 27 heavy (non-hydrogen) atoms. The van der Waals surface area contributed by atoms with Gasteiger partial charge in [0.2, 0.25) is 5.91 Å². The number of anilines is 1. The molecule has 0 saturated heterocycles. The highest BCUT2D eigenvalue weighted by Gasteiger charge is 2.12. The number of rotatable bonds is 6. The number of nitrogens with one attached hydrogen (secondary N) is 1. The van der Waals surface area contributed by atoms with Crippen molar-refractivity contribution in [3.8, 4) is 17.0 Å². The number of aryl methyl sites for hydroxylation is 2. The van der Waals surface area contributed by atoms with E-state index in [2.05, 4.69) is 15.4 Å². The van der Waals surface area contributed by atoms with Crippen LogP contribution in [0.3, 0.4) is 0 Å². The maximum atomic E-state index is 12.3. The molecule has 1 aromatic carbocycles. The minimum Gasteiger partial charge on any atom is -0.497 e. The molecule has 140 valence electrons. The van der Waals surface area contributed by atoms with E-state index in [1.807, 2.05) is 38.1 Å². The first-order valence-electron chi connectivity index (χ1n) is 8.49. The van der Waals surface area contributed by atoms with Crippen molar-refractivity contribution in [1.82, 2.24) is 14.8 Å². The van der Waals surface area contributed by atoms with Crippen LogP contribution in [-0.2, 0) is 17.8 Å². The summed E-state index contributed by atoms with van der Waals surface area (Å²) in [6.07, 6.45) is 0.807. The molecule has 0 atom stereocenters. The molecule has 0 radical (unpaired) electrons. The van der Waals surface area contributed by atoms with Gasteiger partial charge in [-0.15, -0.1) is 11.3 Å².